The molecule has 1 unspecified atom stereocenters. The predicted octanol–water partition coefficient (Wildman–Crippen LogP) is 6.12. The van der Waals surface area contributed by atoms with Gasteiger partial charge in [-0.15, -0.1) is 11.8 Å². The van der Waals surface area contributed by atoms with Gasteiger partial charge in [0.15, 0.2) is 12.8 Å². The number of thioether (sulfide) groups is 1. The van der Waals surface area contributed by atoms with E-state index in [-0.39, 0.29) is 12.6 Å². The third-order valence-corrected chi connectivity index (χ3v) is 8.21. The Hall–Kier alpha value is -2.96. The summed E-state index contributed by atoms with van der Waals surface area (Å²) < 4.78 is 10.9. The van der Waals surface area contributed by atoms with Gasteiger partial charge in [-0.2, -0.15) is 0 Å². The predicted molar refractivity (Wildman–Crippen MR) is 144 cm³/mol. The molecule has 1 aliphatic heterocycles. The number of hydrogen-bond donors (Lipinski definition) is 1. The van der Waals surface area contributed by atoms with Gasteiger partial charge in [-0.3, -0.25) is 0 Å². The second-order valence-electron chi connectivity index (χ2n) is 9.43. The second kappa shape index (κ2) is 11.0. The van der Waals surface area contributed by atoms with E-state index in [4.69, 9.17) is 9.47 Å². The maximum absolute atomic E-state index is 11.8. The SMILES string of the molecule is CCOC(=O)COc1ccc(SCc2cccc3c2CN(c2ccc(C)cc2)C3O)c2c1CCCC2. The van der Waals surface area contributed by atoms with Crippen LogP contribution in [0.15, 0.2) is 59.5 Å². The summed E-state index contributed by atoms with van der Waals surface area (Å²) in [6.07, 6.45) is 3.67. The molecule has 0 radical (unpaired) electrons. The van der Waals surface area contributed by atoms with Gasteiger partial charge < -0.3 is 19.5 Å². The molecule has 0 saturated heterocycles. The van der Waals surface area contributed by atoms with Crippen molar-refractivity contribution in [3.05, 3.63) is 88.0 Å². The molecule has 2 aliphatic rings. The molecule has 5 nitrogen and oxygen atoms in total. The maximum Gasteiger partial charge on any atom is 0.344 e. The van der Waals surface area contributed by atoms with Crippen LogP contribution in [-0.4, -0.2) is 24.3 Å². The fourth-order valence-corrected chi connectivity index (χ4v) is 6.33. The number of benzene rings is 3. The Kier molecular flexibility index (Phi) is 7.54. The smallest absolute Gasteiger partial charge is 0.344 e. The molecule has 0 bridgehead atoms. The summed E-state index contributed by atoms with van der Waals surface area (Å²) in [7, 11) is 0. The van der Waals surface area contributed by atoms with E-state index in [1.807, 2.05) is 23.9 Å². The number of esters is 1. The summed E-state index contributed by atoms with van der Waals surface area (Å²) in [5, 5.41) is 11.1. The molecule has 36 heavy (non-hydrogen) atoms. The molecule has 0 amide bonds. The second-order valence-corrected chi connectivity index (χ2v) is 10.4. The van der Waals surface area contributed by atoms with Crippen LogP contribution in [0.3, 0.4) is 0 Å². The van der Waals surface area contributed by atoms with Crippen LogP contribution in [0, 0.1) is 6.92 Å². The van der Waals surface area contributed by atoms with Gasteiger partial charge in [0.2, 0.25) is 0 Å². The Morgan fingerprint density at radius 2 is 1.81 bits per heavy atom. The van der Waals surface area contributed by atoms with Crippen molar-refractivity contribution in [3.63, 3.8) is 0 Å². The standard InChI is InChI=1S/C30H33NO4S/c1-3-34-29(32)18-35-27-15-16-28(24-9-5-4-8-23(24)27)36-19-21-7-6-10-25-26(21)17-31(30(25)33)22-13-11-20(2)12-14-22/h6-7,10-16,30,33H,3-5,8-9,17-19H2,1-2H3. The minimum atomic E-state index is -0.628. The van der Waals surface area contributed by atoms with Crippen molar-refractivity contribution < 1.29 is 19.4 Å². The number of ether oxygens (including phenoxy) is 2. The van der Waals surface area contributed by atoms with Gasteiger partial charge in [0.1, 0.15) is 5.75 Å². The van der Waals surface area contributed by atoms with Crippen LogP contribution in [0.4, 0.5) is 5.69 Å². The zero-order chi connectivity index (χ0) is 25.1. The minimum Gasteiger partial charge on any atom is -0.482 e. The molecule has 188 valence electrons. The van der Waals surface area contributed by atoms with Gasteiger partial charge >= 0.3 is 5.97 Å². The summed E-state index contributed by atoms with van der Waals surface area (Å²) in [4.78, 5) is 15.1. The zero-order valence-electron chi connectivity index (χ0n) is 21.0. The molecule has 1 heterocycles. The monoisotopic (exact) mass is 503 g/mol. The quantitative estimate of drug-likeness (QED) is 0.295. The highest BCUT2D eigenvalue weighted by molar-refractivity contribution is 7.98. The number of fused-ring (bicyclic) bond motifs is 2. The number of hydrogen-bond acceptors (Lipinski definition) is 6. The minimum absolute atomic E-state index is 0.0528. The molecule has 1 aliphatic carbocycles. The largest absolute Gasteiger partial charge is 0.482 e. The highest BCUT2D eigenvalue weighted by Crippen LogP contribution is 2.41. The number of aliphatic hydroxyl groups is 1. The summed E-state index contributed by atoms with van der Waals surface area (Å²) in [5.41, 5.74) is 8.31. The molecule has 6 heteroatoms. The summed E-state index contributed by atoms with van der Waals surface area (Å²) in [5.74, 6) is 1.31. The van der Waals surface area contributed by atoms with Gasteiger partial charge in [0.25, 0.3) is 0 Å². The lowest BCUT2D eigenvalue weighted by Gasteiger charge is -2.23. The van der Waals surface area contributed by atoms with E-state index in [0.717, 1.165) is 42.0 Å². The number of carbonyl (C=O) groups is 1. The molecule has 0 fully saturated rings. The van der Waals surface area contributed by atoms with E-state index in [1.54, 1.807) is 6.92 Å². The normalized spacial score (nSPS) is 16.4. The fraction of sp³-hybridized carbons (Fsp3) is 0.367. The highest BCUT2D eigenvalue weighted by atomic mass is 32.2. The molecule has 1 N–H and O–H groups in total. The molecular formula is C30H33NO4S. The third-order valence-electron chi connectivity index (χ3n) is 7.06. The Labute approximate surface area is 217 Å². The topological polar surface area (TPSA) is 59.0 Å². The Morgan fingerprint density at radius 1 is 1.03 bits per heavy atom. The highest BCUT2D eigenvalue weighted by Gasteiger charge is 2.30. The van der Waals surface area contributed by atoms with Crippen LogP contribution < -0.4 is 9.64 Å². The van der Waals surface area contributed by atoms with Crippen molar-refractivity contribution in [2.45, 2.75) is 63.0 Å². The summed E-state index contributed by atoms with van der Waals surface area (Å²) in [6, 6.07) is 18.7. The molecule has 1 atom stereocenters. The lowest BCUT2D eigenvalue weighted by atomic mass is 9.91. The third kappa shape index (κ3) is 5.11. The lowest BCUT2D eigenvalue weighted by Crippen LogP contribution is -2.20. The van der Waals surface area contributed by atoms with E-state index in [1.165, 1.54) is 39.1 Å². The van der Waals surface area contributed by atoms with Crippen LogP contribution in [0.2, 0.25) is 0 Å². The first-order valence-corrected chi connectivity index (χ1v) is 13.7. The maximum atomic E-state index is 11.8. The molecule has 3 aromatic carbocycles. The fourth-order valence-electron chi connectivity index (χ4n) is 5.18. The van der Waals surface area contributed by atoms with E-state index < -0.39 is 6.23 Å². The molecule has 0 aromatic heterocycles. The molecule has 3 aromatic rings. The summed E-state index contributed by atoms with van der Waals surface area (Å²) >= 11 is 1.85. The molecule has 0 saturated carbocycles. The average Bonchev–Trinajstić information content (AvgIpc) is 3.24. The van der Waals surface area contributed by atoms with E-state index in [2.05, 4.69) is 54.3 Å². The summed E-state index contributed by atoms with van der Waals surface area (Å²) in [6.45, 7) is 4.89. The van der Waals surface area contributed by atoms with E-state index >= 15 is 0 Å². The Balaban J connectivity index is 1.33. The van der Waals surface area contributed by atoms with Crippen LogP contribution in [0.1, 0.15) is 59.4 Å². The van der Waals surface area contributed by atoms with E-state index in [0.29, 0.717) is 13.2 Å². The number of nitrogens with zero attached hydrogens (tertiary/aromatic N) is 1. The first-order chi connectivity index (χ1) is 17.5. The Morgan fingerprint density at radius 3 is 2.58 bits per heavy atom. The number of anilines is 1. The Bertz CT molecular complexity index is 1240. The van der Waals surface area contributed by atoms with Crippen LogP contribution in [-0.2, 0) is 34.7 Å². The van der Waals surface area contributed by atoms with Crippen LogP contribution >= 0.6 is 11.8 Å². The van der Waals surface area contributed by atoms with Crippen molar-refractivity contribution in [1.29, 1.82) is 0 Å². The van der Waals surface area contributed by atoms with Gasteiger partial charge in [0, 0.05) is 28.4 Å². The number of aliphatic hydroxyl groups excluding tert-OH is 1. The van der Waals surface area contributed by atoms with Gasteiger partial charge in [-0.05, 0) is 86.1 Å². The van der Waals surface area contributed by atoms with Gasteiger partial charge in [0.05, 0.1) is 6.61 Å². The lowest BCUT2D eigenvalue weighted by molar-refractivity contribution is -0.145. The van der Waals surface area contributed by atoms with Crippen molar-refractivity contribution in [2.24, 2.45) is 0 Å². The van der Waals surface area contributed by atoms with Crippen molar-refractivity contribution in [2.75, 3.05) is 18.1 Å². The molecular weight excluding hydrogens is 470 g/mol. The molecule has 5 rings (SSSR count). The van der Waals surface area contributed by atoms with Crippen molar-refractivity contribution in [1.82, 2.24) is 0 Å². The first-order valence-electron chi connectivity index (χ1n) is 12.7. The van der Waals surface area contributed by atoms with Crippen molar-refractivity contribution in [3.8, 4) is 5.75 Å². The number of aryl methyl sites for hydroxylation is 1. The average molecular weight is 504 g/mol. The molecule has 0 spiro atoms. The van der Waals surface area contributed by atoms with E-state index in [9.17, 15) is 9.90 Å². The van der Waals surface area contributed by atoms with Crippen LogP contribution in [0.5, 0.6) is 5.75 Å². The zero-order valence-corrected chi connectivity index (χ0v) is 21.8. The number of carbonyl (C=O) groups excluding carboxylic acids is 1. The number of rotatable bonds is 8. The van der Waals surface area contributed by atoms with Crippen LogP contribution in [0.25, 0.3) is 0 Å². The first kappa shape index (κ1) is 24.7. The van der Waals surface area contributed by atoms with Gasteiger partial charge in [-0.25, -0.2) is 4.79 Å². The van der Waals surface area contributed by atoms with Crippen molar-refractivity contribution >= 4 is 23.4 Å². The van der Waals surface area contributed by atoms with Gasteiger partial charge in [-0.1, -0.05) is 35.9 Å².